The molecule has 4 rings (SSSR count). The first kappa shape index (κ1) is 19.8. The second-order valence-corrected chi connectivity index (χ2v) is 9.95. The van der Waals surface area contributed by atoms with Crippen molar-refractivity contribution in [3.63, 3.8) is 0 Å². The zero-order valence-corrected chi connectivity index (χ0v) is 19.7. The van der Waals surface area contributed by atoms with E-state index in [0.29, 0.717) is 23.9 Å². The van der Waals surface area contributed by atoms with Crippen molar-refractivity contribution in [2.24, 2.45) is 7.05 Å². The Morgan fingerprint density at radius 1 is 0.933 bits per heavy atom. The SMILES string of the molecule is [2H]c1cc2cc(C3CCCCC3)ccc2c(-c2cc(C(C)C)cc(C(C)C)c2C)[n+]1C. The Bertz CT molecular complexity index is 1100. The summed E-state index contributed by atoms with van der Waals surface area (Å²) in [6.07, 6.45) is 7.26. The van der Waals surface area contributed by atoms with Crippen LogP contribution in [-0.4, -0.2) is 0 Å². The van der Waals surface area contributed by atoms with Crippen LogP contribution in [0.2, 0.25) is 0 Å². The molecule has 0 aliphatic heterocycles. The van der Waals surface area contributed by atoms with Crippen molar-refractivity contribution in [1.29, 1.82) is 0 Å². The second-order valence-electron chi connectivity index (χ2n) is 9.95. The lowest BCUT2D eigenvalue weighted by Crippen LogP contribution is -2.31. The molecule has 0 amide bonds. The quantitative estimate of drug-likeness (QED) is 0.391. The molecule has 1 fully saturated rings. The maximum Gasteiger partial charge on any atom is 0.220 e. The van der Waals surface area contributed by atoms with Crippen LogP contribution < -0.4 is 4.57 Å². The van der Waals surface area contributed by atoms with Gasteiger partial charge in [-0.05, 0) is 77.3 Å². The molecule has 0 bridgehead atoms. The molecule has 0 spiro atoms. The Hall–Kier alpha value is -2.15. The van der Waals surface area contributed by atoms with Crippen LogP contribution in [0.1, 0.15) is 101 Å². The normalized spacial score (nSPS) is 15.9. The standard InChI is InChI=1S/C29H38N/c1-19(2)25-17-27(20(3)4)21(5)28(18-25)29-26-13-12-23(22-10-8-7-9-11-22)16-24(26)14-15-30(29)6/h12-20,22H,7-11H2,1-6H3/q+1/i15D. The fourth-order valence-corrected chi connectivity index (χ4v) is 5.28. The predicted molar refractivity (Wildman–Crippen MR) is 129 cm³/mol. The number of pyridine rings is 1. The molecule has 0 saturated heterocycles. The number of rotatable bonds is 4. The maximum absolute atomic E-state index is 8.72. The van der Waals surface area contributed by atoms with Gasteiger partial charge in [-0.15, -0.1) is 0 Å². The van der Waals surface area contributed by atoms with E-state index >= 15 is 0 Å². The van der Waals surface area contributed by atoms with Crippen LogP contribution in [0.5, 0.6) is 0 Å². The summed E-state index contributed by atoms with van der Waals surface area (Å²) >= 11 is 0. The van der Waals surface area contributed by atoms with E-state index in [9.17, 15) is 0 Å². The molecule has 1 aliphatic rings. The van der Waals surface area contributed by atoms with Gasteiger partial charge in [0, 0.05) is 6.07 Å². The molecule has 1 heteroatoms. The van der Waals surface area contributed by atoms with E-state index in [1.54, 1.807) is 0 Å². The number of fused-ring (bicyclic) bond motifs is 1. The van der Waals surface area contributed by atoms with Crippen molar-refractivity contribution in [1.82, 2.24) is 0 Å². The lowest BCUT2D eigenvalue weighted by atomic mass is 9.83. The average Bonchev–Trinajstić information content (AvgIpc) is 2.75. The highest BCUT2D eigenvalue weighted by molar-refractivity contribution is 5.94. The van der Waals surface area contributed by atoms with E-state index in [-0.39, 0.29) is 0 Å². The molecular weight excluding hydrogens is 362 g/mol. The van der Waals surface area contributed by atoms with E-state index < -0.39 is 0 Å². The van der Waals surface area contributed by atoms with Crippen LogP contribution in [0.3, 0.4) is 0 Å². The van der Waals surface area contributed by atoms with Gasteiger partial charge in [-0.1, -0.05) is 65.2 Å². The van der Waals surface area contributed by atoms with Gasteiger partial charge in [-0.3, -0.25) is 0 Å². The highest BCUT2D eigenvalue weighted by Crippen LogP contribution is 2.37. The smallest absolute Gasteiger partial charge is 0.200 e. The van der Waals surface area contributed by atoms with E-state index in [0.717, 1.165) is 0 Å². The third-order valence-electron chi connectivity index (χ3n) is 7.17. The first-order chi connectivity index (χ1) is 14.8. The van der Waals surface area contributed by atoms with E-state index in [2.05, 4.69) is 75.6 Å². The Morgan fingerprint density at radius 2 is 1.67 bits per heavy atom. The predicted octanol–water partition coefficient (Wildman–Crippen LogP) is 7.93. The highest BCUT2D eigenvalue weighted by atomic mass is 14.9. The average molecular weight is 402 g/mol. The first-order valence-electron chi connectivity index (χ1n) is 12.4. The van der Waals surface area contributed by atoms with E-state index in [4.69, 9.17) is 1.37 Å². The van der Waals surface area contributed by atoms with Gasteiger partial charge >= 0.3 is 0 Å². The molecule has 30 heavy (non-hydrogen) atoms. The Kier molecular flexibility index (Phi) is 5.63. The molecule has 158 valence electrons. The summed E-state index contributed by atoms with van der Waals surface area (Å²) in [7, 11) is 2.04. The monoisotopic (exact) mass is 401 g/mol. The summed E-state index contributed by atoms with van der Waals surface area (Å²) in [5.74, 6) is 1.64. The molecule has 1 aliphatic carbocycles. The minimum Gasteiger partial charge on any atom is -0.200 e. The molecular formula is C29H38N+. The molecule has 3 aromatic rings. The maximum atomic E-state index is 8.72. The fraction of sp³-hybridized carbons (Fsp3) is 0.483. The molecule has 0 atom stereocenters. The van der Waals surface area contributed by atoms with Crippen molar-refractivity contribution in [3.8, 4) is 11.3 Å². The largest absolute Gasteiger partial charge is 0.220 e. The van der Waals surface area contributed by atoms with E-state index in [1.165, 1.54) is 76.4 Å². The molecule has 1 saturated carbocycles. The summed E-state index contributed by atoms with van der Waals surface area (Å²) in [6, 6.07) is 13.9. The van der Waals surface area contributed by atoms with Crippen LogP contribution in [0.4, 0.5) is 0 Å². The molecule has 0 unspecified atom stereocenters. The molecule has 1 heterocycles. The molecule has 1 aromatic heterocycles. The zero-order chi connectivity index (χ0) is 22.3. The van der Waals surface area contributed by atoms with Crippen molar-refractivity contribution in [2.75, 3.05) is 0 Å². The van der Waals surface area contributed by atoms with Crippen LogP contribution in [0.25, 0.3) is 22.0 Å². The number of aromatic nitrogens is 1. The van der Waals surface area contributed by atoms with Gasteiger partial charge in [0.1, 0.15) is 8.42 Å². The number of hydrogen-bond acceptors (Lipinski definition) is 0. The zero-order valence-electron chi connectivity index (χ0n) is 20.7. The van der Waals surface area contributed by atoms with Crippen molar-refractivity contribution in [3.05, 3.63) is 64.8 Å². The lowest BCUT2D eigenvalue weighted by Gasteiger charge is -2.22. The van der Waals surface area contributed by atoms with Crippen LogP contribution in [0, 0.1) is 6.92 Å². The van der Waals surface area contributed by atoms with E-state index in [1.807, 2.05) is 7.05 Å². The molecule has 2 aromatic carbocycles. The summed E-state index contributed by atoms with van der Waals surface area (Å²) in [5, 5.41) is 2.47. The third kappa shape index (κ3) is 3.92. The summed E-state index contributed by atoms with van der Waals surface area (Å²) in [4.78, 5) is 0. The minimum atomic E-state index is 0.477. The van der Waals surface area contributed by atoms with Gasteiger partial charge in [0.2, 0.25) is 5.69 Å². The Morgan fingerprint density at radius 3 is 2.33 bits per heavy atom. The number of benzene rings is 2. The van der Waals surface area contributed by atoms with Gasteiger partial charge < -0.3 is 0 Å². The van der Waals surface area contributed by atoms with Gasteiger partial charge in [0.25, 0.3) is 0 Å². The lowest BCUT2D eigenvalue weighted by molar-refractivity contribution is -0.659. The van der Waals surface area contributed by atoms with Crippen LogP contribution in [0.15, 0.2) is 42.6 Å². The second kappa shape index (κ2) is 8.53. The molecule has 1 nitrogen and oxygen atoms in total. The van der Waals surface area contributed by atoms with Crippen molar-refractivity contribution < 1.29 is 5.94 Å². The summed E-state index contributed by atoms with van der Waals surface area (Å²) in [6.45, 7) is 11.4. The Labute approximate surface area is 184 Å². The topological polar surface area (TPSA) is 3.88 Å². The molecule has 0 N–H and O–H groups in total. The fourth-order valence-electron chi connectivity index (χ4n) is 5.28. The Balaban J connectivity index is 1.96. The van der Waals surface area contributed by atoms with Gasteiger partial charge in [-0.2, -0.15) is 0 Å². The van der Waals surface area contributed by atoms with Gasteiger partial charge in [-0.25, -0.2) is 4.57 Å². The van der Waals surface area contributed by atoms with Crippen LogP contribution in [-0.2, 0) is 7.05 Å². The summed E-state index contributed by atoms with van der Waals surface area (Å²) < 4.78 is 10.8. The van der Waals surface area contributed by atoms with Gasteiger partial charge in [0.05, 0.1) is 10.9 Å². The molecule has 0 radical (unpaired) electrons. The van der Waals surface area contributed by atoms with Gasteiger partial charge in [0.15, 0.2) is 6.17 Å². The third-order valence-corrected chi connectivity index (χ3v) is 7.17. The highest BCUT2D eigenvalue weighted by Gasteiger charge is 2.22. The minimum absolute atomic E-state index is 0.477. The summed E-state index contributed by atoms with van der Waals surface area (Å²) in [5.41, 5.74) is 8.07. The number of hydrogen-bond donors (Lipinski definition) is 0. The van der Waals surface area contributed by atoms with Crippen molar-refractivity contribution >= 4 is 10.8 Å². The first-order valence-corrected chi connectivity index (χ1v) is 11.9. The van der Waals surface area contributed by atoms with Crippen molar-refractivity contribution in [2.45, 2.75) is 84.5 Å². The number of nitrogens with zero attached hydrogens (tertiary/aromatic N) is 1. The van der Waals surface area contributed by atoms with Crippen LogP contribution >= 0.6 is 0 Å².